The summed E-state index contributed by atoms with van der Waals surface area (Å²) in [4.78, 5) is 31.8. The number of halogens is 1. The van der Waals surface area contributed by atoms with Gasteiger partial charge in [0.15, 0.2) is 11.6 Å². The van der Waals surface area contributed by atoms with Crippen LogP contribution in [0.3, 0.4) is 0 Å². The molecule has 0 aromatic carbocycles. The Labute approximate surface area is 205 Å². The van der Waals surface area contributed by atoms with Crippen molar-refractivity contribution in [2.45, 2.75) is 38.8 Å². The molecule has 13 nitrogen and oxygen atoms in total. The van der Waals surface area contributed by atoms with E-state index >= 15 is 0 Å². The number of nitrogens with zero attached hydrogens (tertiary/aromatic N) is 5. The Kier molecular flexibility index (Phi) is 7.12. The van der Waals surface area contributed by atoms with Crippen LogP contribution in [0.5, 0.6) is 5.88 Å². The molecule has 3 aromatic rings. The van der Waals surface area contributed by atoms with Crippen molar-refractivity contribution in [3.8, 4) is 11.6 Å². The Morgan fingerprint density at radius 3 is 2.72 bits per heavy atom. The molecule has 6 N–H and O–H groups in total. The van der Waals surface area contributed by atoms with Crippen LogP contribution in [0.2, 0.25) is 0 Å². The molecule has 14 heteroatoms. The van der Waals surface area contributed by atoms with Crippen molar-refractivity contribution in [1.29, 1.82) is 0 Å². The molecule has 0 saturated heterocycles. The zero-order valence-corrected chi connectivity index (χ0v) is 19.6. The normalized spacial score (nSPS) is 14.5. The second-order valence-corrected chi connectivity index (χ2v) is 8.28. The van der Waals surface area contributed by atoms with Crippen molar-refractivity contribution in [2.75, 3.05) is 17.2 Å². The van der Waals surface area contributed by atoms with Crippen molar-refractivity contribution in [3.05, 3.63) is 42.1 Å². The molecule has 2 atom stereocenters. The highest BCUT2D eigenvalue weighted by molar-refractivity contribution is 5.98. The van der Waals surface area contributed by atoms with Gasteiger partial charge in [0.1, 0.15) is 11.5 Å². The lowest BCUT2D eigenvalue weighted by atomic mass is 10.0. The second kappa shape index (κ2) is 10.4. The summed E-state index contributed by atoms with van der Waals surface area (Å²) in [6, 6.07) is 1.73. The molecule has 4 rings (SSSR count). The van der Waals surface area contributed by atoms with Crippen molar-refractivity contribution in [2.24, 2.45) is 11.7 Å². The predicted octanol–water partition coefficient (Wildman–Crippen LogP) is 2.28. The molecule has 36 heavy (non-hydrogen) atoms. The fraction of sp³-hybridized carbons (Fsp3) is 0.364. The lowest BCUT2D eigenvalue weighted by Gasteiger charge is -2.26. The Balaban J connectivity index is 1.67. The number of hydrogen-bond acceptors (Lipinski definition) is 9. The molecular formula is C22H26FN9O4. The fourth-order valence-corrected chi connectivity index (χ4v) is 3.82. The standard InChI is InChI=1S/C22H26FN9O4/c1-3-36-21-16(32-7-6-26-31-32)8-13(10-25-21)28-19-14(18(24)33)9-15(23)20(30-19)29-17(12-4-5-12)11(2)27-22(34)35/h6-12,17,27H,3-5H2,1-2H3,(H2,24,33)(H,34,35)(H2,28,29,30)/t11-,17-/m0/s1. The molecule has 0 unspecified atom stereocenters. The van der Waals surface area contributed by atoms with Gasteiger partial charge in [0.25, 0.3) is 5.91 Å². The van der Waals surface area contributed by atoms with Crippen LogP contribution < -0.4 is 26.4 Å². The highest BCUT2D eigenvalue weighted by atomic mass is 19.1. The quantitative estimate of drug-likeness (QED) is 0.262. The number of pyridine rings is 2. The van der Waals surface area contributed by atoms with E-state index in [-0.39, 0.29) is 23.1 Å². The largest absolute Gasteiger partial charge is 0.476 e. The van der Waals surface area contributed by atoms with Crippen molar-refractivity contribution in [1.82, 2.24) is 30.3 Å². The smallest absolute Gasteiger partial charge is 0.404 e. The third-order valence-corrected chi connectivity index (χ3v) is 5.61. The minimum Gasteiger partial charge on any atom is -0.476 e. The number of anilines is 3. The minimum atomic E-state index is -1.18. The number of nitrogens with two attached hydrogens (primary N) is 1. The van der Waals surface area contributed by atoms with Gasteiger partial charge in [0.2, 0.25) is 5.88 Å². The number of carboxylic acid groups (broad SMARTS) is 1. The summed E-state index contributed by atoms with van der Waals surface area (Å²) in [7, 11) is 0. The first kappa shape index (κ1) is 24.6. The van der Waals surface area contributed by atoms with Gasteiger partial charge in [-0.05, 0) is 44.7 Å². The maximum Gasteiger partial charge on any atom is 0.404 e. The van der Waals surface area contributed by atoms with Crippen molar-refractivity contribution in [3.63, 3.8) is 0 Å². The van der Waals surface area contributed by atoms with Crippen LogP contribution in [-0.4, -0.2) is 60.8 Å². The van der Waals surface area contributed by atoms with E-state index in [0.717, 1.165) is 18.9 Å². The first-order chi connectivity index (χ1) is 17.3. The number of hydrogen-bond donors (Lipinski definition) is 5. The first-order valence-electron chi connectivity index (χ1n) is 11.3. The van der Waals surface area contributed by atoms with Crippen LogP contribution in [0.15, 0.2) is 30.7 Å². The first-order valence-corrected chi connectivity index (χ1v) is 11.3. The lowest BCUT2D eigenvalue weighted by Crippen LogP contribution is -2.45. The molecular weight excluding hydrogens is 473 g/mol. The van der Waals surface area contributed by atoms with Crippen molar-refractivity contribution >= 4 is 29.3 Å². The van der Waals surface area contributed by atoms with Gasteiger partial charge >= 0.3 is 6.09 Å². The van der Waals surface area contributed by atoms with Crippen LogP contribution in [0, 0.1) is 11.7 Å². The number of carbonyl (C=O) groups is 2. The average molecular weight is 500 g/mol. The zero-order chi connectivity index (χ0) is 25.8. The van der Waals surface area contributed by atoms with Gasteiger partial charge < -0.3 is 31.5 Å². The molecule has 1 aliphatic carbocycles. The van der Waals surface area contributed by atoms with Crippen LogP contribution in [-0.2, 0) is 0 Å². The van der Waals surface area contributed by atoms with Gasteiger partial charge in [-0.3, -0.25) is 4.79 Å². The predicted molar refractivity (Wildman–Crippen MR) is 127 cm³/mol. The van der Waals surface area contributed by atoms with Gasteiger partial charge in [-0.25, -0.2) is 23.8 Å². The number of ether oxygens (including phenoxy) is 1. The van der Waals surface area contributed by atoms with E-state index in [9.17, 15) is 14.0 Å². The molecule has 1 aliphatic rings. The molecule has 1 saturated carbocycles. The summed E-state index contributed by atoms with van der Waals surface area (Å²) in [5, 5.41) is 25.2. The second-order valence-electron chi connectivity index (χ2n) is 8.28. The van der Waals surface area contributed by atoms with E-state index in [1.54, 1.807) is 19.2 Å². The van der Waals surface area contributed by atoms with Gasteiger partial charge in [0, 0.05) is 6.04 Å². The van der Waals surface area contributed by atoms with Crippen LogP contribution in [0.4, 0.5) is 26.5 Å². The SMILES string of the molecule is CCOc1ncc(Nc2nc(N[C@H](C3CC3)[C@H](C)NC(=O)O)c(F)cc2C(N)=O)cc1-n1ccnn1. The van der Waals surface area contributed by atoms with E-state index in [1.807, 2.05) is 6.92 Å². The van der Waals surface area contributed by atoms with Gasteiger partial charge in [-0.15, -0.1) is 5.10 Å². The monoisotopic (exact) mass is 499 g/mol. The minimum absolute atomic E-state index is 0.00436. The van der Waals surface area contributed by atoms with Gasteiger partial charge in [-0.1, -0.05) is 5.21 Å². The Morgan fingerprint density at radius 1 is 1.33 bits per heavy atom. The molecule has 190 valence electrons. The zero-order valence-electron chi connectivity index (χ0n) is 19.6. The topological polar surface area (TPSA) is 182 Å². The summed E-state index contributed by atoms with van der Waals surface area (Å²) in [5.74, 6) is -1.36. The Morgan fingerprint density at radius 2 is 2.11 bits per heavy atom. The number of nitrogens with one attached hydrogen (secondary N) is 3. The van der Waals surface area contributed by atoms with E-state index in [0.29, 0.717) is 23.9 Å². The molecule has 2 amide bonds. The Hall–Kier alpha value is -4.49. The highest BCUT2D eigenvalue weighted by Crippen LogP contribution is 2.36. The molecule has 0 aliphatic heterocycles. The molecule has 1 fully saturated rings. The number of rotatable bonds is 11. The van der Waals surface area contributed by atoms with Gasteiger partial charge in [0.05, 0.1) is 42.5 Å². The van der Waals surface area contributed by atoms with Crippen LogP contribution >= 0.6 is 0 Å². The van der Waals surface area contributed by atoms with Crippen molar-refractivity contribution < 1.29 is 23.8 Å². The summed E-state index contributed by atoms with van der Waals surface area (Å²) >= 11 is 0. The average Bonchev–Trinajstić information content (AvgIpc) is 3.51. The fourth-order valence-electron chi connectivity index (χ4n) is 3.82. The number of primary amides is 1. The van der Waals surface area contributed by atoms with Crippen LogP contribution in [0.1, 0.15) is 37.0 Å². The third-order valence-electron chi connectivity index (χ3n) is 5.61. The summed E-state index contributed by atoms with van der Waals surface area (Å²) in [6.45, 7) is 3.88. The Bertz CT molecular complexity index is 1250. The van der Waals surface area contributed by atoms with E-state index in [1.165, 1.54) is 17.1 Å². The van der Waals surface area contributed by atoms with E-state index < -0.39 is 29.9 Å². The maximum absolute atomic E-state index is 14.9. The number of carbonyl (C=O) groups excluding carboxylic acids is 1. The van der Waals surface area contributed by atoms with E-state index in [4.69, 9.17) is 15.6 Å². The molecule has 0 radical (unpaired) electrons. The molecule has 0 spiro atoms. The summed E-state index contributed by atoms with van der Waals surface area (Å²) in [5.41, 5.74) is 6.18. The number of aromatic nitrogens is 5. The lowest BCUT2D eigenvalue weighted by molar-refractivity contribution is 0.1000. The molecule has 3 heterocycles. The maximum atomic E-state index is 14.9. The molecule has 3 aromatic heterocycles. The third kappa shape index (κ3) is 5.59. The van der Waals surface area contributed by atoms with Crippen LogP contribution in [0.25, 0.3) is 5.69 Å². The highest BCUT2D eigenvalue weighted by Gasteiger charge is 2.36. The van der Waals surface area contributed by atoms with E-state index in [2.05, 4.69) is 36.2 Å². The molecule has 0 bridgehead atoms. The van der Waals surface area contributed by atoms with Gasteiger partial charge in [-0.2, -0.15) is 0 Å². The number of amides is 2. The summed E-state index contributed by atoms with van der Waals surface area (Å²) in [6.07, 6.45) is 5.13. The summed E-state index contributed by atoms with van der Waals surface area (Å²) < 4.78 is 22.0.